The number of benzene rings is 1. The van der Waals surface area contributed by atoms with Crippen LogP contribution in [0.3, 0.4) is 0 Å². The van der Waals surface area contributed by atoms with Gasteiger partial charge in [-0.25, -0.2) is 0 Å². The van der Waals surface area contributed by atoms with E-state index in [1.807, 2.05) is 30.3 Å². The van der Waals surface area contributed by atoms with Crippen LogP contribution < -0.4 is 0 Å². The molecule has 1 aromatic rings. The third kappa shape index (κ3) is 3.07. The first-order valence-corrected chi connectivity index (χ1v) is 6.42. The normalized spacial score (nSPS) is 17.1. The van der Waals surface area contributed by atoms with Gasteiger partial charge in [0.1, 0.15) is 5.84 Å². The molecule has 2 rings (SSSR count). The van der Waals surface area contributed by atoms with Crippen molar-refractivity contribution in [2.45, 2.75) is 13.3 Å². The molecule has 3 nitrogen and oxygen atoms in total. The van der Waals surface area contributed by atoms with Crippen LogP contribution in [0, 0.1) is 5.41 Å². The average Bonchev–Trinajstić information content (AvgIpc) is 2.40. The van der Waals surface area contributed by atoms with Crippen LogP contribution in [-0.2, 0) is 0 Å². The van der Waals surface area contributed by atoms with Crippen LogP contribution in [0.2, 0.25) is 0 Å². The van der Waals surface area contributed by atoms with Crippen molar-refractivity contribution in [1.29, 1.82) is 5.41 Å². The molecule has 1 N–H and O–H groups in total. The van der Waals surface area contributed by atoms with E-state index in [4.69, 9.17) is 5.41 Å². The van der Waals surface area contributed by atoms with E-state index in [0.717, 1.165) is 31.7 Å². The molecule has 0 aromatic heterocycles. The third-order valence-corrected chi connectivity index (χ3v) is 3.28. The fourth-order valence-electron chi connectivity index (χ4n) is 2.29. The van der Waals surface area contributed by atoms with Crippen molar-refractivity contribution in [3.63, 3.8) is 0 Å². The fourth-order valence-corrected chi connectivity index (χ4v) is 2.29. The van der Waals surface area contributed by atoms with Crippen LogP contribution in [0.5, 0.6) is 0 Å². The third-order valence-electron chi connectivity index (χ3n) is 3.28. The zero-order chi connectivity index (χ0) is 12.1. The minimum atomic E-state index is 0.668. The second-order valence-electron chi connectivity index (χ2n) is 4.54. The molecule has 1 aliphatic rings. The Morgan fingerprint density at radius 3 is 2.35 bits per heavy atom. The van der Waals surface area contributed by atoms with Gasteiger partial charge >= 0.3 is 0 Å². The molecule has 0 radical (unpaired) electrons. The molecule has 0 aliphatic carbocycles. The molecule has 0 bridgehead atoms. The maximum Gasteiger partial charge on any atom is 0.128 e. The van der Waals surface area contributed by atoms with Crippen molar-refractivity contribution >= 4 is 5.84 Å². The van der Waals surface area contributed by atoms with Gasteiger partial charge in [-0.1, -0.05) is 37.3 Å². The maximum atomic E-state index is 8.20. The van der Waals surface area contributed by atoms with Crippen molar-refractivity contribution in [2.24, 2.45) is 0 Å². The Hall–Kier alpha value is -1.35. The van der Waals surface area contributed by atoms with Crippen LogP contribution in [0.25, 0.3) is 0 Å². The summed E-state index contributed by atoms with van der Waals surface area (Å²) in [6.07, 6.45) is 1.22. The fraction of sp³-hybridized carbons (Fsp3) is 0.500. The van der Waals surface area contributed by atoms with Crippen LogP contribution in [-0.4, -0.2) is 48.4 Å². The summed E-state index contributed by atoms with van der Waals surface area (Å²) in [6.45, 7) is 7.54. The molecule has 92 valence electrons. The monoisotopic (exact) mass is 231 g/mol. The topological polar surface area (TPSA) is 30.3 Å². The van der Waals surface area contributed by atoms with E-state index in [0.29, 0.717) is 5.84 Å². The Labute approximate surface area is 104 Å². The van der Waals surface area contributed by atoms with Crippen LogP contribution in [0.15, 0.2) is 30.3 Å². The first-order valence-electron chi connectivity index (χ1n) is 6.42. The number of amidine groups is 1. The number of hydrogen-bond donors (Lipinski definition) is 1. The largest absolute Gasteiger partial charge is 0.354 e. The SMILES string of the molecule is CCCN1CCN(C(=N)c2ccccc2)CC1. The summed E-state index contributed by atoms with van der Waals surface area (Å²) in [7, 11) is 0. The summed E-state index contributed by atoms with van der Waals surface area (Å²) >= 11 is 0. The second-order valence-corrected chi connectivity index (χ2v) is 4.54. The molecule has 0 saturated carbocycles. The number of nitrogens with zero attached hydrogens (tertiary/aromatic N) is 2. The lowest BCUT2D eigenvalue weighted by Crippen LogP contribution is -2.48. The molecule has 1 heterocycles. The molecule has 1 aliphatic heterocycles. The second kappa shape index (κ2) is 5.82. The van der Waals surface area contributed by atoms with Gasteiger partial charge in [-0.2, -0.15) is 0 Å². The summed E-state index contributed by atoms with van der Waals surface area (Å²) in [5.41, 5.74) is 1.02. The number of nitrogens with one attached hydrogen (secondary N) is 1. The van der Waals surface area contributed by atoms with E-state index >= 15 is 0 Å². The number of hydrogen-bond acceptors (Lipinski definition) is 2. The molecule has 0 atom stereocenters. The van der Waals surface area contributed by atoms with Gasteiger partial charge in [0.2, 0.25) is 0 Å². The van der Waals surface area contributed by atoms with E-state index in [1.54, 1.807) is 0 Å². The van der Waals surface area contributed by atoms with Crippen LogP contribution in [0.1, 0.15) is 18.9 Å². The number of rotatable bonds is 3. The standard InChI is InChI=1S/C14H21N3/c1-2-8-16-9-11-17(12-10-16)14(15)13-6-4-3-5-7-13/h3-7,15H,2,8-12H2,1H3. The summed E-state index contributed by atoms with van der Waals surface area (Å²) in [6, 6.07) is 10.0. The van der Waals surface area contributed by atoms with E-state index in [2.05, 4.69) is 16.7 Å². The Bertz CT molecular complexity index is 353. The highest BCUT2D eigenvalue weighted by molar-refractivity contribution is 5.96. The molecule has 1 aromatic carbocycles. The van der Waals surface area contributed by atoms with E-state index in [1.165, 1.54) is 13.0 Å². The first kappa shape index (κ1) is 12.1. The molecule has 17 heavy (non-hydrogen) atoms. The zero-order valence-corrected chi connectivity index (χ0v) is 10.5. The Morgan fingerprint density at radius 2 is 1.76 bits per heavy atom. The van der Waals surface area contributed by atoms with Gasteiger partial charge in [0, 0.05) is 31.7 Å². The minimum Gasteiger partial charge on any atom is -0.354 e. The van der Waals surface area contributed by atoms with Crippen molar-refractivity contribution < 1.29 is 0 Å². The van der Waals surface area contributed by atoms with Gasteiger partial charge in [-0.3, -0.25) is 10.3 Å². The molecule has 3 heteroatoms. The molecular weight excluding hydrogens is 210 g/mol. The minimum absolute atomic E-state index is 0.668. The van der Waals surface area contributed by atoms with Gasteiger partial charge in [0.05, 0.1) is 0 Å². The highest BCUT2D eigenvalue weighted by atomic mass is 15.3. The lowest BCUT2D eigenvalue weighted by atomic mass is 10.1. The van der Waals surface area contributed by atoms with Gasteiger partial charge in [-0.05, 0) is 13.0 Å². The highest BCUT2D eigenvalue weighted by Crippen LogP contribution is 2.08. The summed E-state index contributed by atoms with van der Waals surface area (Å²) in [5.74, 6) is 0.668. The van der Waals surface area contributed by atoms with E-state index < -0.39 is 0 Å². The van der Waals surface area contributed by atoms with Gasteiger partial charge in [0.25, 0.3) is 0 Å². The molecule has 0 spiro atoms. The smallest absolute Gasteiger partial charge is 0.128 e. The highest BCUT2D eigenvalue weighted by Gasteiger charge is 2.18. The summed E-state index contributed by atoms with van der Waals surface area (Å²) < 4.78 is 0. The van der Waals surface area contributed by atoms with E-state index in [-0.39, 0.29) is 0 Å². The number of piperazine rings is 1. The lowest BCUT2D eigenvalue weighted by molar-refractivity contribution is 0.182. The molecule has 0 unspecified atom stereocenters. The molecule has 0 amide bonds. The molecule has 1 saturated heterocycles. The van der Waals surface area contributed by atoms with Crippen molar-refractivity contribution in [3.05, 3.63) is 35.9 Å². The predicted molar refractivity (Wildman–Crippen MR) is 71.6 cm³/mol. The Balaban J connectivity index is 1.91. The lowest BCUT2D eigenvalue weighted by Gasteiger charge is -2.36. The van der Waals surface area contributed by atoms with Crippen LogP contribution >= 0.6 is 0 Å². The Morgan fingerprint density at radius 1 is 1.12 bits per heavy atom. The molecular formula is C14H21N3. The van der Waals surface area contributed by atoms with Gasteiger partial charge < -0.3 is 4.90 Å². The summed E-state index contributed by atoms with van der Waals surface area (Å²) in [4.78, 5) is 4.66. The Kier molecular flexibility index (Phi) is 4.15. The van der Waals surface area contributed by atoms with Crippen molar-refractivity contribution in [2.75, 3.05) is 32.7 Å². The van der Waals surface area contributed by atoms with Crippen molar-refractivity contribution in [3.8, 4) is 0 Å². The summed E-state index contributed by atoms with van der Waals surface area (Å²) in [5, 5.41) is 8.20. The molecule has 1 fully saturated rings. The quantitative estimate of drug-likeness (QED) is 0.637. The predicted octanol–water partition coefficient (Wildman–Crippen LogP) is 2.04. The maximum absolute atomic E-state index is 8.20. The van der Waals surface area contributed by atoms with Crippen molar-refractivity contribution in [1.82, 2.24) is 9.80 Å². The van der Waals surface area contributed by atoms with Gasteiger partial charge in [0.15, 0.2) is 0 Å². The van der Waals surface area contributed by atoms with Crippen LogP contribution in [0.4, 0.5) is 0 Å². The first-order chi connectivity index (χ1) is 8.31. The zero-order valence-electron chi connectivity index (χ0n) is 10.5. The average molecular weight is 231 g/mol. The van der Waals surface area contributed by atoms with Gasteiger partial charge in [-0.15, -0.1) is 0 Å². The van der Waals surface area contributed by atoms with E-state index in [9.17, 15) is 0 Å².